The van der Waals surface area contributed by atoms with E-state index in [0.717, 1.165) is 36.8 Å². The number of amides is 1. The normalized spacial score (nSPS) is 15.8. The Morgan fingerprint density at radius 3 is 2.60 bits per heavy atom. The number of fused-ring (bicyclic) bond motifs is 1. The van der Waals surface area contributed by atoms with Gasteiger partial charge in [0.05, 0.1) is 12.1 Å². The van der Waals surface area contributed by atoms with Crippen LogP contribution in [0.15, 0.2) is 60.8 Å². The summed E-state index contributed by atoms with van der Waals surface area (Å²) in [5.41, 5.74) is 4.19. The van der Waals surface area contributed by atoms with Gasteiger partial charge in [0.15, 0.2) is 0 Å². The van der Waals surface area contributed by atoms with E-state index in [1.807, 2.05) is 24.4 Å². The average Bonchev–Trinajstić information content (AvgIpc) is 2.80. The third kappa shape index (κ3) is 4.23. The first-order valence-electron chi connectivity index (χ1n) is 10.7. The monoisotopic (exact) mass is 403 g/mol. The summed E-state index contributed by atoms with van der Waals surface area (Å²) in [6, 6.07) is 18.5. The first-order chi connectivity index (χ1) is 14.7. The minimum atomic E-state index is -0.0687. The highest BCUT2D eigenvalue weighted by atomic mass is 16.3. The molecule has 1 aliphatic rings. The molecule has 1 atom stereocenters. The maximum atomic E-state index is 12.6. The molecule has 5 nitrogen and oxygen atoms in total. The number of nitrogens with one attached hydrogen (secondary N) is 1. The Bertz CT molecular complexity index is 991. The van der Waals surface area contributed by atoms with Crippen LogP contribution in [0.25, 0.3) is 10.9 Å². The minimum absolute atomic E-state index is 0.0355. The van der Waals surface area contributed by atoms with Gasteiger partial charge < -0.3 is 15.3 Å². The molecule has 0 saturated carbocycles. The van der Waals surface area contributed by atoms with Gasteiger partial charge in [-0.05, 0) is 61.2 Å². The van der Waals surface area contributed by atoms with Gasteiger partial charge in [0.2, 0.25) is 0 Å². The van der Waals surface area contributed by atoms with Gasteiger partial charge in [-0.3, -0.25) is 9.78 Å². The number of carbonyl (C=O) groups excluding carboxylic acids is 1. The van der Waals surface area contributed by atoms with E-state index in [0.29, 0.717) is 18.0 Å². The van der Waals surface area contributed by atoms with E-state index >= 15 is 0 Å². The van der Waals surface area contributed by atoms with Crippen molar-refractivity contribution in [3.8, 4) is 0 Å². The number of benzene rings is 2. The number of pyridine rings is 1. The SMILES string of the molecule is CN(CCO)C(=O)c1ccc(C(c2cccc3cccnc23)C2CCNCC2)cc1. The van der Waals surface area contributed by atoms with Gasteiger partial charge in [0, 0.05) is 36.7 Å². The van der Waals surface area contributed by atoms with E-state index in [1.165, 1.54) is 11.1 Å². The lowest BCUT2D eigenvalue weighted by molar-refractivity contribution is 0.0767. The van der Waals surface area contributed by atoms with Crippen LogP contribution in [0.4, 0.5) is 0 Å². The number of likely N-dealkylation sites (N-methyl/N-ethyl adjacent to an activating group) is 1. The zero-order chi connectivity index (χ0) is 20.9. The molecule has 1 aliphatic heterocycles. The minimum Gasteiger partial charge on any atom is -0.395 e. The summed E-state index contributed by atoms with van der Waals surface area (Å²) >= 11 is 0. The molecule has 0 spiro atoms. The molecule has 3 aromatic rings. The zero-order valence-corrected chi connectivity index (χ0v) is 17.4. The van der Waals surface area contributed by atoms with Gasteiger partial charge in [0.25, 0.3) is 5.91 Å². The van der Waals surface area contributed by atoms with E-state index in [4.69, 9.17) is 10.1 Å². The molecule has 4 rings (SSSR count). The molecule has 0 aliphatic carbocycles. The van der Waals surface area contributed by atoms with Crippen LogP contribution in [-0.2, 0) is 0 Å². The van der Waals surface area contributed by atoms with Crippen molar-refractivity contribution in [2.75, 3.05) is 33.3 Å². The standard InChI is InChI=1S/C25H29N3O2/c1-28(16-17-29)25(30)21-9-7-18(8-10-21)23(19-11-14-26-15-12-19)22-6-2-4-20-5-3-13-27-24(20)22/h2-10,13,19,23,26,29H,11-12,14-17H2,1H3. The zero-order valence-electron chi connectivity index (χ0n) is 17.4. The molecule has 1 amide bonds. The number of para-hydroxylation sites is 1. The van der Waals surface area contributed by atoms with Crippen molar-refractivity contribution in [2.24, 2.45) is 5.92 Å². The van der Waals surface area contributed by atoms with E-state index in [2.05, 4.69) is 41.7 Å². The molecule has 2 heterocycles. The third-order valence-corrected chi connectivity index (χ3v) is 6.15. The van der Waals surface area contributed by atoms with E-state index in [9.17, 15) is 4.79 Å². The van der Waals surface area contributed by atoms with Crippen molar-refractivity contribution in [1.82, 2.24) is 15.2 Å². The Labute approximate surface area is 177 Å². The number of hydrogen-bond acceptors (Lipinski definition) is 4. The average molecular weight is 404 g/mol. The van der Waals surface area contributed by atoms with Crippen molar-refractivity contribution in [1.29, 1.82) is 0 Å². The molecule has 2 N–H and O–H groups in total. The smallest absolute Gasteiger partial charge is 0.253 e. The van der Waals surface area contributed by atoms with Crippen molar-refractivity contribution >= 4 is 16.8 Å². The van der Waals surface area contributed by atoms with Crippen molar-refractivity contribution in [3.63, 3.8) is 0 Å². The predicted octanol–water partition coefficient (Wildman–Crippen LogP) is 3.43. The summed E-state index contributed by atoms with van der Waals surface area (Å²) in [6.07, 6.45) is 4.10. The number of piperidine rings is 1. The van der Waals surface area contributed by atoms with Crippen LogP contribution in [0.1, 0.15) is 40.2 Å². The second kappa shape index (κ2) is 9.37. The Morgan fingerprint density at radius 2 is 1.87 bits per heavy atom. The first kappa shape index (κ1) is 20.5. The summed E-state index contributed by atoms with van der Waals surface area (Å²) in [4.78, 5) is 18.8. The van der Waals surface area contributed by atoms with Gasteiger partial charge in [-0.2, -0.15) is 0 Å². The predicted molar refractivity (Wildman–Crippen MR) is 120 cm³/mol. The molecule has 156 valence electrons. The molecule has 30 heavy (non-hydrogen) atoms. The lowest BCUT2D eigenvalue weighted by Crippen LogP contribution is -2.31. The van der Waals surface area contributed by atoms with Crippen LogP contribution < -0.4 is 5.32 Å². The van der Waals surface area contributed by atoms with Gasteiger partial charge in [-0.15, -0.1) is 0 Å². The number of nitrogens with zero attached hydrogens (tertiary/aromatic N) is 2. The Balaban J connectivity index is 1.72. The maximum absolute atomic E-state index is 12.6. The largest absolute Gasteiger partial charge is 0.395 e. The molecular weight excluding hydrogens is 374 g/mol. The lowest BCUT2D eigenvalue weighted by Gasteiger charge is -2.32. The summed E-state index contributed by atoms with van der Waals surface area (Å²) < 4.78 is 0. The van der Waals surface area contributed by atoms with Crippen molar-refractivity contribution in [3.05, 3.63) is 77.5 Å². The fraction of sp³-hybridized carbons (Fsp3) is 0.360. The fourth-order valence-electron chi connectivity index (χ4n) is 4.57. The molecule has 1 saturated heterocycles. The van der Waals surface area contributed by atoms with E-state index in [1.54, 1.807) is 11.9 Å². The molecule has 1 fully saturated rings. The van der Waals surface area contributed by atoms with Crippen molar-refractivity contribution in [2.45, 2.75) is 18.8 Å². The Hall–Kier alpha value is -2.76. The summed E-state index contributed by atoms with van der Waals surface area (Å²) in [7, 11) is 1.71. The summed E-state index contributed by atoms with van der Waals surface area (Å²) in [5, 5.41) is 13.7. The Morgan fingerprint density at radius 1 is 1.13 bits per heavy atom. The van der Waals surface area contributed by atoms with Gasteiger partial charge in [-0.25, -0.2) is 0 Å². The van der Waals surface area contributed by atoms with Crippen LogP contribution in [0.3, 0.4) is 0 Å². The van der Waals surface area contributed by atoms with Crippen LogP contribution in [-0.4, -0.2) is 54.2 Å². The number of rotatable bonds is 6. The highest BCUT2D eigenvalue weighted by Gasteiger charge is 2.28. The second-order valence-electron chi connectivity index (χ2n) is 8.06. The molecule has 2 aromatic carbocycles. The quantitative estimate of drug-likeness (QED) is 0.662. The first-order valence-corrected chi connectivity index (χ1v) is 10.7. The fourth-order valence-corrected chi connectivity index (χ4v) is 4.57. The van der Waals surface area contributed by atoms with E-state index < -0.39 is 0 Å². The van der Waals surface area contributed by atoms with Gasteiger partial charge in [-0.1, -0.05) is 36.4 Å². The topological polar surface area (TPSA) is 65.5 Å². The van der Waals surface area contributed by atoms with Crippen LogP contribution in [0, 0.1) is 5.92 Å². The summed E-state index contributed by atoms with van der Waals surface area (Å²) in [6.45, 7) is 2.36. The van der Waals surface area contributed by atoms with Crippen LogP contribution in [0.5, 0.6) is 0 Å². The molecule has 1 unspecified atom stereocenters. The molecule has 0 radical (unpaired) electrons. The molecule has 0 bridgehead atoms. The number of carbonyl (C=O) groups is 1. The van der Waals surface area contributed by atoms with Crippen LogP contribution in [0.2, 0.25) is 0 Å². The Kier molecular flexibility index (Phi) is 6.41. The van der Waals surface area contributed by atoms with Crippen molar-refractivity contribution < 1.29 is 9.90 Å². The second-order valence-corrected chi connectivity index (χ2v) is 8.06. The molecular formula is C25H29N3O2. The maximum Gasteiger partial charge on any atom is 0.253 e. The number of aromatic nitrogens is 1. The highest BCUT2D eigenvalue weighted by Crippen LogP contribution is 2.39. The number of aliphatic hydroxyl groups excluding tert-OH is 1. The molecule has 1 aromatic heterocycles. The highest BCUT2D eigenvalue weighted by molar-refractivity contribution is 5.94. The third-order valence-electron chi connectivity index (χ3n) is 6.15. The number of aliphatic hydroxyl groups is 1. The van der Waals surface area contributed by atoms with Crippen LogP contribution >= 0.6 is 0 Å². The van der Waals surface area contributed by atoms with E-state index in [-0.39, 0.29) is 18.4 Å². The number of hydrogen-bond donors (Lipinski definition) is 2. The van der Waals surface area contributed by atoms with Gasteiger partial charge >= 0.3 is 0 Å². The molecule has 5 heteroatoms. The lowest BCUT2D eigenvalue weighted by atomic mass is 9.75. The van der Waals surface area contributed by atoms with Gasteiger partial charge in [0.1, 0.15) is 0 Å². The summed E-state index contributed by atoms with van der Waals surface area (Å²) in [5.74, 6) is 0.698.